The number of nitrogens with zero attached hydrogens (tertiary/aromatic N) is 2. The Morgan fingerprint density at radius 3 is 2.86 bits per heavy atom. The molecular formula is C9H8ClN3O. The van der Waals surface area contributed by atoms with Crippen molar-refractivity contribution in [1.82, 2.24) is 14.8 Å². The minimum Gasteiger partial charge on any atom is -0.295 e. The Balaban J connectivity index is 2.63. The van der Waals surface area contributed by atoms with Crippen LogP contribution in [0.15, 0.2) is 29.3 Å². The van der Waals surface area contributed by atoms with Crippen LogP contribution in [0, 0.1) is 6.92 Å². The van der Waals surface area contributed by atoms with Crippen molar-refractivity contribution in [3.63, 3.8) is 0 Å². The van der Waals surface area contributed by atoms with E-state index >= 15 is 0 Å². The number of benzene rings is 1. The lowest BCUT2D eigenvalue weighted by Gasteiger charge is -2.02. The van der Waals surface area contributed by atoms with Gasteiger partial charge in [-0.3, -0.25) is 4.98 Å². The van der Waals surface area contributed by atoms with Crippen LogP contribution in [0.1, 0.15) is 5.56 Å². The number of H-pyrrole nitrogens is 1. The molecule has 0 atom stereocenters. The number of rotatable bonds is 1. The molecule has 4 nitrogen and oxygen atoms in total. The summed E-state index contributed by atoms with van der Waals surface area (Å²) < 4.78 is 1.22. The molecule has 0 spiro atoms. The van der Waals surface area contributed by atoms with Crippen LogP contribution in [0.2, 0.25) is 5.02 Å². The van der Waals surface area contributed by atoms with E-state index in [2.05, 4.69) is 10.1 Å². The van der Waals surface area contributed by atoms with E-state index < -0.39 is 0 Å². The van der Waals surface area contributed by atoms with Crippen molar-refractivity contribution in [3.8, 4) is 5.69 Å². The van der Waals surface area contributed by atoms with E-state index in [1.165, 1.54) is 11.0 Å². The molecule has 72 valence electrons. The quantitative estimate of drug-likeness (QED) is 0.774. The summed E-state index contributed by atoms with van der Waals surface area (Å²) in [6, 6.07) is 5.43. The average Bonchev–Trinajstić information content (AvgIpc) is 2.52. The summed E-state index contributed by atoms with van der Waals surface area (Å²) in [5.41, 5.74) is 1.33. The summed E-state index contributed by atoms with van der Waals surface area (Å²) in [5, 5.41) is 4.35. The molecule has 1 aromatic carbocycles. The molecule has 0 saturated carbocycles. The summed E-state index contributed by atoms with van der Waals surface area (Å²) in [7, 11) is 0. The second-order valence-electron chi connectivity index (χ2n) is 2.96. The maximum Gasteiger partial charge on any atom is 0.347 e. The van der Waals surface area contributed by atoms with Crippen molar-refractivity contribution in [2.75, 3.05) is 0 Å². The average molecular weight is 210 g/mol. The van der Waals surface area contributed by atoms with Crippen LogP contribution < -0.4 is 5.69 Å². The normalized spacial score (nSPS) is 10.4. The molecule has 0 aliphatic carbocycles. The van der Waals surface area contributed by atoms with Crippen LogP contribution in [-0.4, -0.2) is 14.8 Å². The molecule has 1 N–H and O–H groups in total. The molecule has 0 unspecified atom stereocenters. The fourth-order valence-corrected chi connectivity index (χ4v) is 1.53. The predicted octanol–water partition coefficient (Wildman–Crippen LogP) is 1.52. The van der Waals surface area contributed by atoms with Gasteiger partial charge in [-0.15, -0.1) is 0 Å². The maximum absolute atomic E-state index is 11.2. The Bertz CT molecular complexity index is 515. The monoisotopic (exact) mass is 209 g/mol. The van der Waals surface area contributed by atoms with Crippen LogP contribution in [-0.2, 0) is 0 Å². The largest absolute Gasteiger partial charge is 0.347 e. The van der Waals surface area contributed by atoms with Crippen molar-refractivity contribution in [1.29, 1.82) is 0 Å². The summed E-state index contributed by atoms with van der Waals surface area (Å²) in [4.78, 5) is 13.7. The van der Waals surface area contributed by atoms with Crippen molar-refractivity contribution >= 4 is 11.6 Å². The maximum atomic E-state index is 11.2. The van der Waals surface area contributed by atoms with Gasteiger partial charge in [0.1, 0.15) is 6.33 Å². The Hall–Kier alpha value is -1.55. The number of aromatic amines is 1. The molecule has 2 rings (SSSR count). The van der Waals surface area contributed by atoms with E-state index in [9.17, 15) is 4.79 Å². The van der Waals surface area contributed by atoms with Gasteiger partial charge >= 0.3 is 5.69 Å². The summed E-state index contributed by atoms with van der Waals surface area (Å²) in [6.07, 6.45) is 1.33. The third-order valence-electron chi connectivity index (χ3n) is 1.88. The van der Waals surface area contributed by atoms with Gasteiger partial charge in [0.25, 0.3) is 0 Å². The zero-order valence-corrected chi connectivity index (χ0v) is 8.25. The zero-order chi connectivity index (χ0) is 10.1. The summed E-state index contributed by atoms with van der Waals surface area (Å²) in [6.45, 7) is 1.93. The molecule has 2 aromatic rings. The highest BCUT2D eigenvalue weighted by molar-refractivity contribution is 6.32. The summed E-state index contributed by atoms with van der Waals surface area (Å²) >= 11 is 5.98. The number of aromatic nitrogens is 3. The lowest BCUT2D eigenvalue weighted by molar-refractivity contribution is 0.842. The van der Waals surface area contributed by atoms with Gasteiger partial charge in [-0.05, 0) is 24.6 Å². The third-order valence-corrected chi connectivity index (χ3v) is 2.19. The first-order chi connectivity index (χ1) is 6.68. The molecule has 0 bridgehead atoms. The van der Waals surface area contributed by atoms with Crippen molar-refractivity contribution in [2.24, 2.45) is 0 Å². The molecule has 1 aromatic heterocycles. The SMILES string of the molecule is Cc1ccc(-n2nc[nH]c2=O)c(Cl)c1. The molecule has 0 aliphatic rings. The second-order valence-corrected chi connectivity index (χ2v) is 3.37. The molecule has 0 fully saturated rings. The van der Waals surface area contributed by atoms with Crippen LogP contribution >= 0.6 is 11.6 Å². The number of halogens is 1. The molecule has 5 heteroatoms. The third kappa shape index (κ3) is 1.44. The molecule has 0 radical (unpaired) electrons. The Kier molecular flexibility index (Phi) is 2.13. The highest BCUT2D eigenvalue weighted by Gasteiger charge is 2.05. The van der Waals surface area contributed by atoms with E-state index in [1.807, 2.05) is 13.0 Å². The van der Waals surface area contributed by atoms with E-state index in [0.29, 0.717) is 10.7 Å². The van der Waals surface area contributed by atoms with Crippen LogP contribution in [0.4, 0.5) is 0 Å². The van der Waals surface area contributed by atoms with Gasteiger partial charge in [-0.25, -0.2) is 4.79 Å². The van der Waals surface area contributed by atoms with Gasteiger partial charge in [0.15, 0.2) is 0 Å². The molecule has 0 amide bonds. The van der Waals surface area contributed by atoms with Gasteiger partial charge in [0, 0.05) is 0 Å². The van der Waals surface area contributed by atoms with Crippen molar-refractivity contribution in [3.05, 3.63) is 45.6 Å². The number of aryl methyl sites for hydroxylation is 1. The van der Waals surface area contributed by atoms with E-state index in [1.54, 1.807) is 12.1 Å². The highest BCUT2D eigenvalue weighted by atomic mass is 35.5. The highest BCUT2D eigenvalue weighted by Crippen LogP contribution is 2.19. The first kappa shape index (κ1) is 9.02. The topological polar surface area (TPSA) is 50.7 Å². The molecular weight excluding hydrogens is 202 g/mol. The predicted molar refractivity (Wildman–Crippen MR) is 53.9 cm³/mol. The van der Waals surface area contributed by atoms with Gasteiger partial charge in [-0.1, -0.05) is 17.7 Å². The fraction of sp³-hybridized carbons (Fsp3) is 0.111. The van der Waals surface area contributed by atoms with E-state index in [-0.39, 0.29) is 5.69 Å². The Morgan fingerprint density at radius 1 is 1.50 bits per heavy atom. The van der Waals surface area contributed by atoms with Crippen molar-refractivity contribution < 1.29 is 0 Å². The van der Waals surface area contributed by atoms with Gasteiger partial charge in [-0.2, -0.15) is 9.78 Å². The van der Waals surface area contributed by atoms with Crippen LogP contribution in [0.25, 0.3) is 5.69 Å². The lowest BCUT2D eigenvalue weighted by Crippen LogP contribution is -2.16. The Labute approximate surface area is 85.1 Å². The van der Waals surface area contributed by atoms with Gasteiger partial charge in [0.05, 0.1) is 10.7 Å². The fourth-order valence-electron chi connectivity index (χ4n) is 1.21. The number of nitrogens with one attached hydrogen (secondary N) is 1. The smallest absolute Gasteiger partial charge is 0.295 e. The Morgan fingerprint density at radius 2 is 2.29 bits per heavy atom. The zero-order valence-electron chi connectivity index (χ0n) is 7.49. The molecule has 0 aliphatic heterocycles. The van der Waals surface area contributed by atoms with Gasteiger partial charge in [0.2, 0.25) is 0 Å². The number of hydrogen-bond donors (Lipinski definition) is 1. The molecule has 14 heavy (non-hydrogen) atoms. The first-order valence-corrected chi connectivity index (χ1v) is 4.45. The second kappa shape index (κ2) is 3.31. The van der Waals surface area contributed by atoms with Gasteiger partial charge < -0.3 is 0 Å². The van der Waals surface area contributed by atoms with Crippen LogP contribution in [0.5, 0.6) is 0 Å². The van der Waals surface area contributed by atoms with E-state index in [0.717, 1.165) is 5.56 Å². The minimum atomic E-state index is -0.296. The minimum absolute atomic E-state index is 0.296. The summed E-state index contributed by atoms with van der Waals surface area (Å²) in [5.74, 6) is 0. The van der Waals surface area contributed by atoms with Crippen molar-refractivity contribution in [2.45, 2.75) is 6.92 Å². The molecule has 0 saturated heterocycles. The van der Waals surface area contributed by atoms with E-state index in [4.69, 9.17) is 11.6 Å². The lowest BCUT2D eigenvalue weighted by atomic mass is 10.2. The molecule has 1 heterocycles. The standard InChI is InChI=1S/C9H8ClN3O/c1-6-2-3-8(7(10)4-6)13-9(14)11-5-12-13/h2-5H,1H3,(H,11,12,14). The van der Waals surface area contributed by atoms with Crippen LogP contribution in [0.3, 0.4) is 0 Å². The number of hydrogen-bond acceptors (Lipinski definition) is 2. The first-order valence-electron chi connectivity index (χ1n) is 4.08.